The van der Waals surface area contributed by atoms with Gasteiger partial charge in [0.1, 0.15) is 5.78 Å². The van der Waals surface area contributed by atoms with Crippen LogP contribution in [0.1, 0.15) is 30.7 Å². The maximum absolute atomic E-state index is 11.6. The number of carbonyl (C=O) groups is 1. The van der Waals surface area contributed by atoms with E-state index in [1.165, 1.54) is 25.7 Å². The molecule has 4 heteroatoms. The zero-order chi connectivity index (χ0) is 10.5. The number of hydrogen-bond acceptors (Lipinski definition) is 4. The minimum Gasteiger partial charge on any atom is -0.298 e. The Morgan fingerprint density at radius 3 is 3.00 bits per heavy atom. The lowest BCUT2D eigenvalue weighted by Crippen LogP contribution is -2.08. The first-order valence-corrected chi connectivity index (χ1v) is 7.29. The summed E-state index contributed by atoms with van der Waals surface area (Å²) in [5, 5.41) is 3.62. The van der Waals surface area contributed by atoms with Crippen molar-refractivity contribution in [2.75, 3.05) is 5.75 Å². The maximum Gasteiger partial charge on any atom is 0.149 e. The van der Waals surface area contributed by atoms with Crippen LogP contribution in [-0.4, -0.2) is 21.8 Å². The van der Waals surface area contributed by atoms with Gasteiger partial charge in [-0.15, -0.1) is 11.3 Å². The van der Waals surface area contributed by atoms with E-state index in [1.54, 1.807) is 17.5 Å². The topological polar surface area (TPSA) is 30.0 Å². The smallest absolute Gasteiger partial charge is 0.149 e. The molecule has 0 unspecified atom stereocenters. The zero-order valence-electron chi connectivity index (χ0n) is 8.65. The summed E-state index contributed by atoms with van der Waals surface area (Å²) in [4.78, 5) is 15.7. The Bertz CT molecular complexity index is 304. The molecule has 0 spiro atoms. The van der Waals surface area contributed by atoms with Crippen molar-refractivity contribution >= 4 is 28.9 Å². The molecule has 82 valence electrons. The van der Waals surface area contributed by atoms with Gasteiger partial charge in [-0.3, -0.25) is 4.79 Å². The van der Waals surface area contributed by atoms with Crippen molar-refractivity contribution in [3.63, 3.8) is 0 Å². The van der Waals surface area contributed by atoms with Gasteiger partial charge < -0.3 is 0 Å². The maximum atomic E-state index is 11.6. The van der Waals surface area contributed by atoms with Crippen molar-refractivity contribution in [3.05, 3.63) is 16.6 Å². The molecular formula is C11H15NOS2. The standard InChI is InChI=1S/C11H15NOS2/c13-9(7-11-12-5-6-14-11)8-15-10-3-1-2-4-10/h5-6,10H,1-4,7-8H2. The van der Waals surface area contributed by atoms with Crippen LogP contribution >= 0.6 is 23.1 Å². The van der Waals surface area contributed by atoms with E-state index in [1.807, 2.05) is 17.1 Å². The Labute approximate surface area is 98.5 Å². The highest BCUT2D eigenvalue weighted by atomic mass is 32.2. The predicted octanol–water partition coefficient (Wildman–Crippen LogP) is 2.93. The van der Waals surface area contributed by atoms with Gasteiger partial charge >= 0.3 is 0 Å². The summed E-state index contributed by atoms with van der Waals surface area (Å²) in [6, 6.07) is 0. The fourth-order valence-corrected chi connectivity index (χ4v) is 3.66. The van der Waals surface area contributed by atoms with Gasteiger partial charge in [0, 0.05) is 16.8 Å². The van der Waals surface area contributed by atoms with Crippen LogP contribution in [0.4, 0.5) is 0 Å². The van der Waals surface area contributed by atoms with Crippen molar-refractivity contribution in [3.8, 4) is 0 Å². The summed E-state index contributed by atoms with van der Waals surface area (Å²) in [6.45, 7) is 0. The van der Waals surface area contributed by atoms with E-state index >= 15 is 0 Å². The van der Waals surface area contributed by atoms with Crippen molar-refractivity contribution in [1.82, 2.24) is 4.98 Å². The van der Waals surface area contributed by atoms with E-state index in [4.69, 9.17) is 0 Å². The lowest BCUT2D eigenvalue weighted by Gasteiger charge is -2.06. The molecule has 15 heavy (non-hydrogen) atoms. The fourth-order valence-electron chi connectivity index (χ4n) is 1.83. The van der Waals surface area contributed by atoms with Gasteiger partial charge in [-0.1, -0.05) is 12.8 Å². The van der Waals surface area contributed by atoms with Crippen LogP contribution in [0.3, 0.4) is 0 Å². The van der Waals surface area contributed by atoms with E-state index in [9.17, 15) is 4.79 Å². The molecule has 0 aromatic carbocycles. The normalized spacial score (nSPS) is 17.1. The molecule has 2 rings (SSSR count). The molecular weight excluding hydrogens is 226 g/mol. The predicted molar refractivity (Wildman–Crippen MR) is 65.5 cm³/mol. The van der Waals surface area contributed by atoms with Crippen LogP contribution in [-0.2, 0) is 11.2 Å². The summed E-state index contributed by atoms with van der Waals surface area (Å²) < 4.78 is 0. The molecule has 2 nitrogen and oxygen atoms in total. The minimum absolute atomic E-state index is 0.321. The van der Waals surface area contributed by atoms with Crippen molar-refractivity contribution < 1.29 is 4.79 Å². The Kier molecular flexibility index (Phi) is 4.20. The second-order valence-corrected chi connectivity index (χ2v) is 6.13. The molecule has 1 aliphatic carbocycles. The molecule has 0 saturated heterocycles. The largest absolute Gasteiger partial charge is 0.298 e. The zero-order valence-corrected chi connectivity index (χ0v) is 10.3. The number of rotatable bonds is 5. The van der Waals surface area contributed by atoms with Crippen molar-refractivity contribution in [2.45, 2.75) is 37.4 Å². The average Bonchev–Trinajstić information content (AvgIpc) is 2.86. The van der Waals surface area contributed by atoms with Gasteiger partial charge in [-0.25, -0.2) is 4.98 Å². The lowest BCUT2D eigenvalue weighted by molar-refractivity contribution is -0.116. The number of Topliss-reactive ketones (excluding diaryl/α,β-unsaturated/α-hetero) is 1. The monoisotopic (exact) mass is 241 g/mol. The lowest BCUT2D eigenvalue weighted by atomic mass is 10.3. The van der Waals surface area contributed by atoms with Gasteiger partial charge in [-0.05, 0) is 12.8 Å². The average molecular weight is 241 g/mol. The Morgan fingerprint density at radius 1 is 1.53 bits per heavy atom. The molecule has 0 amide bonds. The molecule has 1 heterocycles. The Morgan fingerprint density at radius 2 is 2.33 bits per heavy atom. The van der Waals surface area contributed by atoms with E-state index in [-0.39, 0.29) is 0 Å². The van der Waals surface area contributed by atoms with Crippen LogP contribution in [0.5, 0.6) is 0 Å². The van der Waals surface area contributed by atoms with Crippen LogP contribution < -0.4 is 0 Å². The third kappa shape index (κ3) is 3.61. The fraction of sp³-hybridized carbons (Fsp3) is 0.636. The molecule has 0 atom stereocenters. The second kappa shape index (κ2) is 5.66. The summed E-state index contributed by atoms with van der Waals surface area (Å²) in [5.74, 6) is 0.992. The van der Waals surface area contributed by atoms with E-state index in [2.05, 4.69) is 4.98 Å². The first kappa shape index (κ1) is 11.1. The van der Waals surface area contributed by atoms with Gasteiger partial charge in [-0.2, -0.15) is 11.8 Å². The molecule has 1 aromatic rings. The third-order valence-electron chi connectivity index (χ3n) is 2.61. The van der Waals surface area contributed by atoms with Crippen LogP contribution in [0.25, 0.3) is 0 Å². The summed E-state index contributed by atoms with van der Waals surface area (Å²) >= 11 is 3.41. The van der Waals surface area contributed by atoms with Crippen LogP contribution in [0.2, 0.25) is 0 Å². The van der Waals surface area contributed by atoms with E-state index in [0.717, 1.165) is 10.3 Å². The highest BCUT2D eigenvalue weighted by Gasteiger charge is 2.16. The van der Waals surface area contributed by atoms with Crippen molar-refractivity contribution in [2.24, 2.45) is 0 Å². The summed E-state index contributed by atoms with van der Waals surface area (Å²) in [5.41, 5.74) is 0. The number of carbonyl (C=O) groups excluding carboxylic acids is 1. The van der Waals surface area contributed by atoms with E-state index in [0.29, 0.717) is 18.0 Å². The summed E-state index contributed by atoms with van der Waals surface area (Å²) in [6.07, 6.45) is 7.58. The number of aromatic nitrogens is 1. The molecule has 0 aliphatic heterocycles. The molecule has 1 aromatic heterocycles. The number of thiazole rings is 1. The van der Waals surface area contributed by atoms with E-state index < -0.39 is 0 Å². The summed E-state index contributed by atoms with van der Waals surface area (Å²) in [7, 11) is 0. The number of nitrogens with zero attached hydrogens (tertiary/aromatic N) is 1. The molecule has 0 radical (unpaired) electrons. The molecule has 1 fully saturated rings. The number of thioether (sulfide) groups is 1. The molecule has 0 N–H and O–H groups in total. The SMILES string of the molecule is O=C(CSC1CCCC1)Cc1nccs1. The number of hydrogen-bond donors (Lipinski definition) is 0. The highest BCUT2D eigenvalue weighted by molar-refractivity contribution is 8.00. The third-order valence-corrected chi connectivity index (χ3v) is 4.83. The first-order valence-electron chi connectivity index (χ1n) is 5.36. The number of ketones is 1. The van der Waals surface area contributed by atoms with Gasteiger partial charge in [0.15, 0.2) is 0 Å². The first-order chi connectivity index (χ1) is 7.34. The van der Waals surface area contributed by atoms with Crippen LogP contribution in [0, 0.1) is 0 Å². The quantitative estimate of drug-likeness (QED) is 0.794. The second-order valence-electron chi connectivity index (χ2n) is 3.86. The highest BCUT2D eigenvalue weighted by Crippen LogP contribution is 2.29. The van der Waals surface area contributed by atoms with Crippen molar-refractivity contribution in [1.29, 1.82) is 0 Å². The van der Waals surface area contributed by atoms with Crippen LogP contribution in [0.15, 0.2) is 11.6 Å². The van der Waals surface area contributed by atoms with Gasteiger partial charge in [0.05, 0.1) is 17.2 Å². The Hall–Kier alpha value is -0.350. The van der Waals surface area contributed by atoms with Gasteiger partial charge in [0.25, 0.3) is 0 Å². The Balaban J connectivity index is 1.68. The minimum atomic E-state index is 0.321. The van der Waals surface area contributed by atoms with Gasteiger partial charge in [0.2, 0.25) is 0 Å². The molecule has 1 saturated carbocycles. The molecule has 1 aliphatic rings. The molecule has 0 bridgehead atoms.